The summed E-state index contributed by atoms with van der Waals surface area (Å²) >= 11 is 0. The molecule has 5 aromatic carbocycles. The first-order chi connectivity index (χ1) is 19.8. The van der Waals surface area contributed by atoms with E-state index in [1.54, 1.807) is 0 Å². The van der Waals surface area contributed by atoms with E-state index in [-0.39, 0.29) is 0 Å². The molecule has 194 valence electrons. The second kappa shape index (κ2) is 10.4. The standard InChI is InChI=1S/C36H29N3O/c37-21-30-7-3-4-8-32(30)28-13-9-25(10-14-28)24-40-31-15-16-35-34(20-31)33-17-18-38-22-36(33)39(35)23-26-11-12-27-5-1-2-6-29(27)19-26/h1-16,19-20,38H,17-18,22-24H2. The molecule has 6 aromatic rings. The number of hydrogen-bond acceptors (Lipinski definition) is 3. The van der Waals surface area contributed by atoms with Crippen LogP contribution < -0.4 is 10.1 Å². The van der Waals surface area contributed by atoms with Gasteiger partial charge in [-0.2, -0.15) is 5.26 Å². The van der Waals surface area contributed by atoms with Gasteiger partial charge in [-0.1, -0.05) is 78.9 Å². The molecule has 0 saturated carbocycles. The summed E-state index contributed by atoms with van der Waals surface area (Å²) in [6.07, 6.45) is 1.02. The van der Waals surface area contributed by atoms with Crippen LogP contribution in [0.2, 0.25) is 0 Å². The second-order valence-electron chi connectivity index (χ2n) is 10.4. The molecule has 0 fully saturated rings. The Bertz CT molecular complexity index is 1890. The molecule has 0 bridgehead atoms. The molecule has 1 N–H and O–H groups in total. The third-order valence-corrected chi connectivity index (χ3v) is 7.97. The average molecular weight is 520 g/mol. The Morgan fingerprint density at radius 2 is 1.60 bits per heavy atom. The third-order valence-electron chi connectivity index (χ3n) is 7.97. The molecule has 0 atom stereocenters. The number of fused-ring (bicyclic) bond motifs is 4. The van der Waals surface area contributed by atoms with Crippen molar-refractivity contribution in [3.05, 3.63) is 137 Å². The number of nitriles is 1. The van der Waals surface area contributed by atoms with Gasteiger partial charge in [0.15, 0.2) is 0 Å². The number of nitrogens with one attached hydrogen (secondary N) is 1. The number of nitrogens with zero attached hydrogens (tertiary/aromatic N) is 2. The highest BCUT2D eigenvalue weighted by molar-refractivity contribution is 5.88. The predicted octanol–water partition coefficient (Wildman–Crippen LogP) is 7.61. The van der Waals surface area contributed by atoms with Crippen molar-refractivity contribution in [2.75, 3.05) is 6.54 Å². The summed E-state index contributed by atoms with van der Waals surface area (Å²) in [6.45, 7) is 3.22. The molecular formula is C36H29N3O. The number of rotatable bonds is 6. The van der Waals surface area contributed by atoms with E-state index in [0.29, 0.717) is 12.2 Å². The highest BCUT2D eigenvalue weighted by Gasteiger charge is 2.20. The molecule has 0 saturated heterocycles. The van der Waals surface area contributed by atoms with Crippen molar-refractivity contribution in [3.63, 3.8) is 0 Å². The molecule has 0 aliphatic carbocycles. The molecule has 0 radical (unpaired) electrons. The maximum Gasteiger partial charge on any atom is 0.120 e. The van der Waals surface area contributed by atoms with E-state index in [1.165, 1.54) is 38.5 Å². The van der Waals surface area contributed by atoms with E-state index in [9.17, 15) is 5.26 Å². The summed E-state index contributed by atoms with van der Waals surface area (Å²) in [7, 11) is 0. The fraction of sp³-hybridized carbons (Fsp3) is 0.139. The third kappa shape index (κ3) is 4.51. The molecule has 1 aliphatic heterocycles. The highest BCUT2D eigenvalue weighted by Crippen LogP contribution is 2.33. The Morgan fingerprint density at radius 3 is 2.48 bits per heavy atom. The Morgan fingerprint density at radius 1 is 0.800 bits per heavy atom. The quantitative estimate of drug-likeness (QED) is 0.246. The molecule has 4 heteroatoms. The van der Waals surface area contributed by atoms with Gasteiger partial charge >= 0.3 is 0 Å². The van der Waals surface area contributed by atoms with Gasteiger partial charge in [-0.3, -0.25) is 0 Å². The van der Waals surface area contributed by atoms with Crippen molar-refractivity contribution in [3.8, 4) is 22.9 Å². The second-order valence-corrected chi connectivity index (χ2v) is 10.4. The minimum absolute atomic E-state index is 0.493. The van der Waals surface area contributed by atoms with Crippen molar-refractivity contribution >= 4 is 21.7 Å². The molecule has 0 amide bonds. The average Bonchev–Trinajstić information content (AvgIpc) is 3.33. The number of aromatic nitrogens is 1. The zero-order valence-corrected chi connectivity index (χ0v) is 22.2. The van der Waals surface area contributed by atoms with Gasteiger partial charge in [0.25, 0.3) is 0 Å². The van der Waals surface area contributed by atoms with Crippen molar-refractivity contribution in [2.45, 2.75) is 26.1 Å². The van der Waals surface area contributed by atoms with E-state index in [4.69, 9.17) is 4.74 Å². The molecular weight excluding hydrogens is 490 g/mol. The minimum Gasteiger partial charge on any atom is -0.489 e. The first-order valence-electron chi connectivity index (χ1n) is 13.8. The Labute approximate surface area is 234 Å². The lowest BCUT2D eigenvalue weighted by Crippen LogP contribution is -2.25. The Kier molecular flexibility index (Phi) is 6.28. The van der Waals surface area contributed by atoms with Crippen LogP contribution in [-0.4, -0.2) is 11.1 Å². The summed E-state index contributed by atoms with van der Waals surface area (Å²) in [6, 6.07) is 40.1. The largest absolute Gasteiger partial charge is 0.489 e. The summed E-state index contributed by atoms with van der Waals surface area (Å²) in [5.41, 5.74) is 9.15. The summed E-state index contributed by atoms with van der Waals surface area (Å²) in [4.78, 5) is 0. The van der Waals surface area contributed by atoms with Gasteiger partial charge in [0.1, 0.15) is 12.4 Å². The van der Waals surface area contributed by atoms with Crippen LogP contribution in [0.3, 0.4) is 0 Å². The van der Waals surface area contributed by atoms with Crippen molar-refractivity contribution in [1.29, 1.82) is 5.26 Å². The van der Waals surface area contributed by atoms with Crippen LogP contribution in [0.25, 0.3) is 32.8 Å². The fourth-order valence-corrected chi connectivity index (χ4v) is 5.93. The fourth-order valence-electron chi connectivity index (χ4n) is 5.93. The van der Waals surface area contributed by atoms with Crippen molar-refractivity contribution in [1.82, 2.24) is 9.88 Å². The first-order valence-corrected chi connectivity index (χ1v) is 13.8. The maximum atomic E-state index is 9.43. The van der Waals surface area contributed by atoms with Crippen molar-refractivity contribution < 1.29 is 4.74 Å². The minimum atomic E-state index is 0.493. The maximum absolute atomic E-state index is 9.43. The summed E-state index contributed by atoms with van der Waals surface area (Å²) in [5, 5.41) is 16.8. The molecule has 4 nitrogen and oxygen atoms in total. The molecule has 7 rings (SSSR count). The lowest BCUT2D eigenvalue weighted by atomic mass is 9.99. The Hall–Kier alpha value is -4.85. The van der Waals surface area contributed by atoms with Crippen LogP contribution in [0, 0.1) is 11.3 Å². The molecule has 1 aliphatic rings. The number of ether oxygens (including phenoxy) is 1. The zero-order valence-electron chi connectivity index (χ0n) is 22.2. The predicted molar refractivity (Wildman–Crippen MR) is 161 cm³/mol. The van der Waals surface area contributed by atoms with Gasteiger partial charge < -0.3 is 14.6 Å². The molecule has 0 unspecified atom stereocenters. The normalized spacial score (nSPS) is 12.8. The lowest BCUT2D eigenvalue weighted by Gasteiger charge is -2.17. The van der Waals surface area contributed by atoms with E-state index < -0.39 is 0 Å². The summed E-state index contributed by atoms with van der Waals surface area (Å²) < 4.78 is 8.75. The smallest absolute Gasteiger partial charge is 0.120 e. The van der Waals surface area contributed by atoms with E-state index in [0.717, 1.165) is 48.5 Å². The van der Waals surface area contributed by atoms with Crippen LogP contribution in [-0.2, 0) is 26.1 Å². The van der Waals surface area contributed by atoms with Crippen LogP contribution in [0.15, 0.2) is 109 Å². The first kappa shape index (κ1) is 24.2. The van der Waals surface area contributed by atoms with Gasteiger partial charge in [0.05, 0.1) is 11.6 Å². The number of benzene rings is 5. The van der Waals surface area contributed by atoms with Crippen LogP contribution in [0.4, 0.5) is 0 Å². The van der Waals surface area contributed by atoms with Gasteiger partial charge in [0, 0.05) is 29.7 Å². The van der Waals surface area contributed by atoms with Crippen LogP contribution in [0.1, 0.15) is 27.9 Å². The lowest BCUT2D eigenvalue weighted by molar-refractivity contribution is 0.306. The van der Waals surface area contributed by atoms with Crippen LogP contribution in [0.5, 0.6) is 5.75 Å². The zero-order chi connectivity index (χ0) is 26.9. The van der Waals surface area contributed by atoms with E-state index >= 15 is 0 Å². The topological polar surface area (TPSA) is 50.0 Å². The van der Waals surface area contributed by atoms with Gasteiger partial charge in [0.2, 0.25) is 0 Å². The van der Waals surface area contributed by atoms with Gasteiger partial charge in [-0.15, -0.1) is 0 Å². The SMILES string of the molecule is N#Cc1ccccc1-c1ccc(COc2ccc3c(c2)c2c(n3Cc3ccc4ccccc4c3)CNCC2)cc1. The monoisotopic (exact) mass is 519 g/mol. The van der Waals surface area contributed by atoms with E-state index in [2.05, 4.69) is 101 Å². The van der Waals surface area contributed by atoms with Crippen LogP contribution >= 0.6 is 0 Å². The summed E-state index contributed by atoms with van der Waals surface area (Å²) in [5.74, 6) is 0.885. The Balaban J connectivity index is 1.14. The molecule has 2 heterocycles. The van der Waals surface area contributed by atoms with Gasteiger partial charge in [-0.25, -0.2) is 0 Å². The van der Waals surface area contributed by atoms with E-state index in [1.807, 2.05) is 24.3 Å². The molecule has 40 heavy (non-hydrogen) atoms. The van der Waals surface area contributed by atoms with Gasteiger partial charge in [-0.05, 0) is 81.9 Å². The number of hydrogen-bond donors (Lipinski definition) is 1. The molecule has 0 spiro atoms. The molecule has 1 aromatic heterocycles. The highest BCUT2D eigenvalue weighted by atomic mass is 16.5. The van der Waals surface area contributed by atoms with Crippen molar-refractivity contribution in [2.24, 2.45) is 0 Å².